The Morgan fingerprint density at radius 3 is 2.42 bits per heavy atom. The van der Waals surface area contributed by atoms with Crippen molar-refractivity contribution in [3.63, 3.8) is 0 Å². The second kappa shape index (κ2) is 5.96. The van der Waals surface area contributed by atoms with E-state index >= 15 is 0 Å². The summed E-state index contributed by atoms with van der Waals surface area (Å²) in [7, 11) is 1.49. The number of anilines is 2. The fourth-order valence-corrected chi connectivity index (χ4v) is 1.60. The zero-order chi connectivity index (χ0) is 13.7. The fraction of sp³-hybridized carbons (Fsp3) is 0.250. The quantitative estimate of drug-likeness (QED) is 0.551. The second-order valence-electron chi connectivity index (χ2n) is 3.89. The van der Waals surface area contributed by atoms with Gasteiger partial charge >= 0.3 is 6.01 Å². The molecule has 0 saturated heterocycles. The lowest BCUT2D eigenvalue weighted by atomic mass is 10.1. The summed E-state index contributed by atoms with van der Waals surface area (Å²) in [5, 5.41) is 3.17. The van der Waals surface area contributed by atoms with Gasteiger partial charge in [0, 0.05) is 0 Å². The van der Waals surface area contributed by atoms with E-state index in [9.17, 15) is 0 Å². The van der Waals surface area contributed by atoms with Crippen molar-refractivity contribution >= 4 is 11.9 Å². The standard InChI is InChI=1S/C12H16N6O/c1-8(9-6-4-3-5-7-9)14-10-15-11(18-13)17-12(16-10)19-2/h3-8H,13H2,1-2H3,(H2,14,15,16,17,18). The Kier molecular flexibility index (Phi) is 4.09. The summed E-state index contributed by atoms with van der Waals surface area (Å²) in [4.78, 5) is 12.2. The molecule has 1 aromatic heterocycles. The van der Waals surface area contributed by atoms with Gasteiger partial charge in [-0.15, -0.1) is 0 Å². The van der Waals surface area contributed by atoms with Crippen LogP contribution in [0.1, 0.15) is 18.5 Å². The molecule has 0 spiro atoms. The van der Waals surface area contributed by atoms with E-state index in [1.54, 1.807) is 0 Å². The van der Waals surface area contributed by atoms with E-state index in [1.165, 1.54) is 7.11 Å². The van der Waals surface area contributed by atoms with Crippen molar-refractivity contribution in [3.8, 4) is 6.01 Å². The predicted molar refractivity (Wildman–Crippen MR) is 72.7 cm³/mol. The minimum Gasteiger partial charge on any atom is -0.467 e. The Labute approximate surface area is 111 Å². The molecule has 7 nitrogen and oxygen atoms in total. The van der Waals surface area contributed by atoms with Crippen molar-refractivity contribution < 1.29 is 4.74 Å². The molecule has 19 heavy (non-hydrogen) atoms. The van der Waals surface area contributed by atoms with Gasteiger partial charge in [0.05, 0.1) is 13.2 Å². The highest BCUT2D eigenvalue weighted by molar-refractivity contribution is 5.37. The van der Waals surface area contributed by atoms with E-state index in [2.05, 4.69) is 25.7 Å². The third-order valence-corrected chi connectivity index (χ3v) is 2.57. The number of hydrogen-bond donors (Lipinski definition) is 3. The number of benzene rings is 1. The van der Waals surface area contributed by atoms with Gasteiger partial charge < -0.3 is 10.1 Å². The fourth-order valence-electron chi connectivity index (χ4n) is 1.60. The highest BCUT2D eigenvalue weighted by atomic mass is 16.5. The molecule has 4 N–H and O–H groups in total. The van der Waals surface area contributed by atoms with E-state index in [1.807, 2.05) is 37.3 Å². The largest absolute Gasteiger partial charge is 0.467 e. The SMILES string of the molecule is COc1nc(NN)nc(NC(C)c2ccccc2)n1. The molecule has 0 radical (unpaired) electrons. The number of hydrogen-bond acceptors (Lipinski definition) is 7. The molecule has 0 aliphatic heterocycles. The Hall–Kier alpha value is -2.41. The molecule has 0 aliphatic carbocycles. The molecule has 7 heteroatoms. The van der Waals surface area contributed by atoms with Crippen LogP contribution in [-0.4, -0.2) is 22.1 Å². The Bertz CT molecular complexity index is 511. The molecule has 1 unspecified atom stereocenters. The molecular weight excluding hydrogens is 244 g/mol. The van der Waals surface area contributed by atoms with Crippen molar-refractivity contribution in [2.45, 2.75) is 13.0 Å². The van der Waals surface area contributed by atoms with E-state index in [-0.39, 0.29) is 18.0 Å². The Balaban J connectivity index is 2.18. The molecule has 0 fully saturated rings. The number of ether oxygens (including phenoxy) is 1. The lowest BCUT2D eigenvalue weighted by Crippen LogP contribution is -2.15. The van der Waals surface area contributed by atoms with Crippen LogP contribution in [0.5, 0.6) is 6.01 Å². The summed E-state index contributed by atoms with van der Waals surface area (Å²) >= 11 is 0. The average Bonchev–Trinajstić information content (AvgIpc) is 2.47. The van der Waals surface area contributed by atoms with Gasteiger partial charge in [0.15, 0.2) is 0 Å². The predicted octanol–water partition coefficient (Wildman–Crippen LogP) is 1.34. The lowest BCUT2D eigenvalue weighted by molar-refractivity contribution is 0.379. The number of rotatable bonds is 5. The number of nitrogen functional groups attached to an aromatic ring is 1. The Morgan fingerprint density at radius 2 is 1.79 bits per heavy atom. The number of hydrazine groups is 1. The lowest BCUT2D eigenvalue weighted by Gasteiger charge is -2.14. The summed E-state index contributed by atoms with van der Waals surface area (Å²) in [6.07, 6.45) is 0. The minimum atomic E-state index is 0.0546. The number of nitrogens with zero attached hydrogens (tertiary/aromatic N) is 3. The van der Waals surface area contributed by atoms with Crippen molar-refractivity contribution in [2.75, 3.05) is 17.9 Å². The third kappa shape index (κ3) is 3.29. The summed E-state index contributed by atoms with van der Waals surface area (Å²) in [6, 6.07) is 10.2. The number of nitrogens with one attached hydrogen (secondary N) is 2. The van der Waals surface area contributed by atoms with Gasteiger partial charge in [-0.25, -0.2) is 5.84 Å². The van der Waals surface area contributed by atoms with E-state index in [4.69, 9.17) is 10.6 Å². The average molecular weight is 260 g/mol. The summed E-state index contributed by atoms with van der Waals surface area (Å²) < 4.78 is 4.99. The van der Waals surface area contributed by atoms with Gasteiger partial charge in [-0.2, -0.15) is 15.0 Å². The number of methoxy groups -OCH3 is 1. The highest BCUT2D eigenvalue weighted by Crippen LogP contribution is 2.18. The molecule has 0 aliphatic rings. The maximum Gasteiger partial charge on any atom is 0.322 e. The van der Waals surface area contributed by atoms with Crippen molar-refractivity contribution in [1.29, 1.82) is 0 Å². The first-order chi connectivity index (χ1) is 9.22. The Morgan fingerprint density at radius 1 is 1.11 bits per heavy atom. The maximum absolute atomic E-state index is 5.30. The van der Waals surface area contributed by atoms with Gasteiger partial charge in [-0.05, 0) is 12.5 Å². The van der Waals surface area contributed by atoms with Crippen LogP contribution in [0.15, 0.2) is 30.3 Å². The molecular formula is C12H16N6O. The molecule has 2 rings (SSSR count). The van der Waals surface area contributed by atoms with E-state index in [0.717, 1.165) is 5.56 Å². The van der Waals surface area contributed by atoms with Gasteiger partial charge in [0.1, 0.15) is 0 Å². The normalized spacial score (nSPS) is 11.7. The first kappa shape index (κ1) is 13.0. The van der Waals surface area contributed by atoms with Gasteiger partial charge in [0.25, 0.3) is 0 Å². The minimum absolute atomic E-state index is 0.0546. The van der Waals surface area contributed by atoms with Crippen LogP contribution < -0.4 is 21.3 Å². The van der Waals surface area contributed by atoms with E-state index in [0.29, 0.717) is 5.95 Å². The van der Waals surface area contributed by atoms with Crippen molar-refractivity contribution in [2.24, 2.45) is 5.84 Å². The first-order valence-corrected chi connectivity index (χ1v) is 5.81. The zero-order valence-electron chi connectivity index (χ0n) is 10.8. The molecule has 0 saturated carbocycles. The highest BCUT2D eigenvalue weighted by Gasteiger charge is 2.10. The monoisotopic (exact) mass is 260 g/mol. The third-order valence-electron chi connectivity index (χ3n) is 2.57. The summed E-state index contributed by atoms with van der Waals surface area (Å²) in [6.45, 7) is 2.02. The molecule has 100 valence electrons. The maximum atomic E-state index is 5.30. The van der Waals surface area contributed by atoms with Crippen LogP contribution >= 0.6 is 0 Å². The second-order valence-corrected chi connectivity index (χ2v) is 3.89. The van der Waals surface area contributed by atoms with Crippen LogP contribution in [0.2, 0.25) is 0 Å². The van der Waals surface area contributed by atoms with Crippen LogP contribution in [0.3, 0.4) is 0 Å². The van der Waals surface area contributed by atoms with Crippen LogP contribution in [-0.2, 0) is 0 Å². The van der Waals surface area contributed by atoms with Crippen molar-refractivity contribution in [1.82, 2.24) is 15.0 Å². The van der Waals surface area contributed by atoms with Gasteiger partial charge in [0.2, 0.25) is 11.9 Å². The topological polar surface area (TPSA) is 98.0 Å². The molecule has 0 amide bonds. The smallest absolute Gasteiger partial charge is 0.322 e. The first-order valence-electron chi connectivity index (χ1n) is 5.81. The van der Waals surface area contributed by atoms with Crippen LogP contribution in [0, 0.1) is 0 Å². The van der Waals surface area contributed by atoms with Gasteiger partial charge in [-0.3, -0.25) is 5.43 Å². The van der Waals surface area contributed by atoms with Gasteiger partial charge in [-0.1, -0.05) is 30.3 Å². The van der Waals surface area contributed by atoms with Crippen LogP contribution in [0.4, 0.5) is 11.9 Å². The van der Waals surface area contributed by atoms with E-state index < -0.39 is 0 Å². The van der Waals surface area contributed by atoms with Crippen molar-refractivity contribution in [3.05, 3.63) is 35.9 Å². The number of nitrogens with two attached hydrogens (primary N) is 1. The molecule has 1 heterocycles. The zero-order valence-corrected chi connectivity index (χ0v) is 10.8. The molecule has 1 atom stereocenters. The molecule has 1 aromatic carbocycles. The summed E-state index contributed by atoms with van der Waals surface area (Å²) in [5.41, 5.74) is 3.50. The molecule has 0 bridgehead atoms. The molecule has 2 aromatic rings. The summed E-state index contributed by atoms with van der Waals surface area (Å²) in [5.74, 6) is 5.94. The van der Waals surface area contributed by atoms with Crippen LogP contribution in [0.25, 0.3) is 0 Å². The number of aromatic nitrogens is 3.